The molecule has 1 saturated heterocycles. The smallest absolute Gasteiger partial charge is 0.410 e. The van der Waals surface area contributed by atoms with Gasteiger partial charge >= 0.3 is 12.1 Å². The SMILES string of the molecule is C=CCOC(=O)N1C[C@@H](SC(c2ccccc2)(c2ccccc2)c2ccccc2)C[C@H]1/C=C\C(=O)OC. The number of methoxy groups -OCH3 is 1. The Kier molecular flexibility index (Phi) is 8.86. The molecule has 0 aromatic heterocycles. The van der Waals surface area contributed by atoms with Gasteiger partial charge < -0.3 is 14.4 Å². The quantitative estimate of drug-likeness (QED) is 0.147. The summed E-state index contributed by atoms with van der Waals surface area (Å²) >= 11 is 1.83. The maximum atomic E-state index is 12.9. The molecule has 4 rings (SSSR count). The Balaban J connectivity index is 1.76. The Bertz CT molecular complexity index is 1120. The van der Waals surface area contributed by atoms with Crippen LogP contribution in [0.15, 0.2) is 116 Å². The summed E-state index contributed by atoms with van der Waals surface area (Å²) in [5, 5.41) is 0.0594. The molecule has 6 heteroatoms. The number of carbonyl (C=O) groups excluding carboxylic acids is 2. The lowest BCUT2D eigenvalue weighted by molar-refractivity contribution is -0.134. The Morgan fingerprint density at radius 2 is 1.46 bits per heavy atom. The van der Waals surface area contributed by atoms with Crippen molar-refractivity contribution in [1.29, 1.82) is 0 Å². The molecule has 0 unspecified atom stereocenters. The van der Waals surface area contributed by atoms with Crippen LogP contribution in [0.25, 0.3) is 0 Å². The predicted octanol–water partition coefficient (Wildman–Crippen LogP) is 6.21. The van der Waals surface area contributed by atoms with E-state index in [2.05, 4.69) is 79.4 Å². The fourth-order valence-electron chi connectivity index (χ4n) is 4.75. The topological polar surface area (TPSA) is 55.8 Å². The number of hydrogen-bond acceptors (Lipinski definition) is 5. The fraction of sp³-hybridized carbons (Fsp3) is 0.226. The molecule has 2 atom stereocenters. The standard InChI is InChI=1S/C31H31NO4S/c1-3-21-36-30(34)32-23-28(22-27(32)19-20-29(33)35-2)37-31(24-13-7-4-8-14-24,25-15-9-5-10-16-25)26-17-11-6-12-18-26/h3-20,27-28H,1,21-23H2,2H3/b20-19-/t27-,28+/m1/s1. The molecule has 3 aromatic rings. The largest absolute Gasteiger partial charge is 0.466 e. The maximum absolute atomic E-state index is 12.9. The van der Waals surface area contributed by atoms with Gasteiger partial charge in [0.15, 0.2) is 0 Å². The van der Waals surface area contributed by atoms with Crippen molar-refractivity contribution >= 4 is 23.8 Å². The van der Waals surface area contributed by atoms with Gasteiger partial charge in [-0.3, -0.25) is 0 Å². The van der Waals surface area contributed by atoms with E-state index in [1.807, 2.05) is 30.0 Å². The van der Waals surface area contributed by atoms with Crippen LogP contribution in [0.5, 0.6) is 0 Å². The van der Waals surface area contributed by atoms with Gasteiger partial charge in [0, 0.05) is 17.9 Å². The Morgan fingerprint density at radius 3 is 1.92 bits per heavy atom. The normalized spacial score (nSPS) is 17.5. The Labute approximate surface area is 222 Å². The molecule has 0 bridgehead atoms. The second-order valence-corrected chi connectivity index (χ2v) is 10.2. The van der Waals surface area contributed by atoms with Crippen LogP contribution in [-0.2, 0) is 19.0 Å². The first kappa shape index (κ1) is 26.3. The van der Waals surface area contributed by atoms with E-state index < -0.39 is 16.8 Å². The average molecular weight is 514 g/mol. The third-order valence-corrected chi connectivity index (χ3v) is 8.14. The number of esters is 1. The molecule has 0 radical (unpaired) electrons. The summed E-state index contributed by atoms with van der Waals surface area (Å²) in [6, 6.07) is 31.1. The van der Waals surface area contributed by atoms with Crippen LogP contribution < -0.4 is 0 Å². The lowest BCUT2D eigenvalue weighted by Crippen LogP contribution is -2.36. The summed E-state index contributed by atoms with van der Waals surface area (Å²) in [5.74, 6) is -0.456. The molecule has 0 saturated carbocycles. The van der Waals surface area contributed by atoms with E-state index in [1.165, 1.54) is 13.2 Å². The van der Waals surface area contributed by atoms with Crippen molar-refractivity contribution in [2.24, 2.45) is 0 Å². The Morgan fingerprint density at radius 1 is 0.946 bits per heavy atom. The highest BCUT2D eigenvalue weighted by atomic mass is 32.2. The van der Waals surface area contributed by atoms with Crippen molar-refractivity contribution in [2.75, 3.05) is 20.3 Å². The first-order chi connectivity index (χ1) is 18.1. The average Bonchev–Trinajstić information content (AvgIpc) is 3.37. The fourth-order valence-corrected chi connectivity index (χ4v) is 6.59. The van der Waals surface area contributed by atoms with Crippen LogP contribution in [0, 0.1) is 0 Å². The van der Waals surface area contributed by atoms with Gasteiger partial charge in [-0.25, -0.2) is 9.59 Å². The predicted molar refractivity (Wildman–Crippen MR) is 148 cm³/mol. The van der Waals surface area contributed by atoms with E-state index in [0.29, 0.717) is 13.0 Å². The number of thioether (sulfide) groups is 1. The summed E-state index contributed by atoms with van der Waals surface area (Å²) < 4.78 is 9.65. The monoisotopic (exact) mass is 513 g/mol. The summed E-state index contributed by atoms with van der Waals surface area (Å²) in [5.41, 5.74) is 3.48. The number of hydrogen-bond donors (Lipinski definition) is 0. The minimum atomic E-state index is -0.508. The van der Waals surface area contributed by atoms with Crippen LogP contribution in [0.1, 0.15) is 23.1 Å². The van der Waals surface area contributed by atoms with Gasteiger partial charge in [-0.05, 0) is 23.1 Å². The van der Waals surface area contributed by atoms with Gasteiger partial charge in [0.05, 0.1) is 17.9 Å². The lowest BCUT2D eigenvalue weighted by Gasteiger charge is -2.37. The highest BCUT2D eigenvalue weighted by molar-refractivity contribution is 8.01. The minimum absolute atomic E-state index is 0.0594. The van der Waals surface area contributed by atoms with Crippen LogP contribution in [0.3, 0.4) is 0 Å². The second kappa shape index (κ2) is 12.5. The van der Waals surface area contributed by atoms with Crippen molar-refractivity contribution in [3.63, 3.8) is 0 Å². The zero-order chi connectivity index (χ0) is 26.1. The van der Waals surface area contributed by atoms with Crippen molar-refractivity contribution in [2.45, 2.75) is 22.5 Å². The van der Waals surface area contributed by atoms with Crippen LogP contribution in [-0.4, -0.2) is 48.5 Å². The van der Waals surface area contributed by atoms with E-state index in [0.717, 1.165) is 16.7 Å². The van der Waals surface area contributed by atoms with Crippen molar-refractivity contribution in [3.05, 3.63) is 132 Å². The van der Waals surface area contributed by atoms with E-state index >= 15 is 0 Å². The van der Waals surface area contributed by atoms with Crippen LogP contribution >= 0.6 is 11.8 Å². The third-order valence-electron chi connectivity index (χ3n) is 6.40. The number of ether oxygens (including phenoxy) is 2. The zero-order valence-electron chi connectivity index (χ0n) is 20.9. The molecule has 1 amide bonds. The molecule has 0 N–H and O–H groups in total. The zero-order valence-corrected chi connectivity index (χ0v) is 21.7. The molecule has 0 spiro atoms. The molecule has 5 nitrogen and oxygen atoms in total. The number of likely N-dealkylation sites (tertiary alicyclic amines) is 1. The number of carbonyl (C=O) groups is 2. The van der Waals surface area contributed by atoms with Gasteiger partial charge in [-0.15, -0.1) is 11.8 Å². The van der Waals surface area contributed by atoms with Gasteiger partial charge in [0.2, 0.25) is 0 Å². The molecular formula is C31H31NO4S. The van der Waals surface area contributed by atoms with E-state index in [-0.39, 0.29) is 17.9 Å². The molecule has 1 aliphatic rings. The molecular weight excluding hydrogens is 482 g/mol. The molecule has 1 heterocycles. The van der Waals surface area contributed by atoms with Gasteiger partial charge in [-0.2, -0.15) is 0 Å². The highest BCUT2D eigenvalue weighted by Gasteiger charge is 2.44. The summed E-state index contributed by atoms with van der Waals surface area (Å²) in [7, 11) is 1.34. The summed E-state index contributed by atoms with van der Waals surface area (Å²) in [6.45, 7) is 4.24. The molecule has 1 aliphatic heterocycles. The van der Waals surface area contributed by atoms with Crippen molar-refractivity contribution in [1.82, 2.24) is 4.90 Å². The van der Waals surface area contributed by atoms with E-state index in [4.69, 9.17) is 9.47 Å². The molecule has 0 aliphatic carbocycles. The van der Waals surface area contributed by atoms with E-state index in [1.54, 1.807) is 17.1 Å². The summed E-state index contributed by atoms with van der Waals surface area (Å²) in [6.07, 6.45) is 4.90. The van der Waals surface area contributed by atoms with E-state index in [9.17, 15) is 9.59 Å². The molecule has 1 fully saturated rings. The number of amides is 1. The molecule has 3 aromatic carbocycles. The first-order valence-corrected chi connectivity index (χ1v) is 13.1. The highest BCUT2D eigenvalue weighted by Crippen LogP contribution is 2.52. The molecule has 37 heavy (non-hydrogen) atoms. The third kappa shape index (κ3) is 5.97. The van der Waals surface area contributed by atoms with Crippen LogP contribution in [0.2, 0.25) is 0 Å². The summed E-state index contributed by atoms with van der Waals surface area (Å²) in [4.78, 5) is 26.5. The first-order valence-electron chi connectivity index (χ1n) is 12.2. The minimum Gasteiger partial charge on any atom is -0.466 e. The van der Waals surface area contributed by atoms with Crippen molar-refractivity contribution in [3.8, 4) is 0 Å². The lowest BCUT2D eigenvalue weighted by atomic mass is 9.84. The van der Waals surface area contributed by atoms with Gasteiger partial charge in [-0.1, -0.05) is 110 Å². The van der Waals surface area contributed by atoms with Crippen LogP contribution in [0.4, 0.5) is 4.79 Å². The number of benzene rings is 3. The molecule has 190 valence electrons. The number of nitrogens with zero attached hydrogens (tertiary/aromatic N) is 1. The van der Waals surface area contributed by atoms with Gasteiger partial charge in [0.25, 0.3) is 0 Å². The number of rotatable bonds is 9. The second-order valence-electron chi connectivity index (χ2n) is 8.72. The maximum Gasteiger partial charge on any atom is 0.410 e. The van der Waals surface area contributed by atoms with Gasteiger partial charge in [0.1, 0.15) is 6.61 Å². The Hall–Kier alpha value is -3.77. The van der Waals surface area contributed by atoms with Crippen molar-refractivity contribution < 1.29 is 19.1 Å².